The van der Waals surface area contributed by atoms with Crippen molar-refractivity contribution in [3.63, 3.8) is 0 Å². The normalized spacial score (nSPS) is 18.5. The van der Waals surface area contributed by atoms with E-state index in [0.717, 1.165) is 31.3 Å². The minimum absolute atomic E-state index is 0.188. The van der Waals surface area contributed by atoms with Gasteiger partial charge >= 0.3 is 6.33 Å². The fourth-order valence-corrected chi connectivity index (χ4v) is 2.66. The van der Waals surface area contributed by atoms with Crippen LogP contribution in [0.2, 0.25) is 0 Å². The molecule has 1 aromatic heterocycles. The zero-order valence-electron chi connectivity index (χ0n) is 10.8. The number of benzene rings is 1. The average molecular weight is 277 g/mol. The predicted octanol–water partition coefficient (Wildman–Crippen LogP) is 1.70. The molecule has 0 amide bonds. The Morgan fingerprint density at radius 3 is 2.90 bits per heavy atom. The van der Waals surface area contributed by atoms with Crippen LogP contribution >= 0.6 is 0 Å². The molecule has 0 radical (unpaired) electrons. The zero-order chi connectivity index (χ0) is 14.1. The standard InChI is InChI=1S/C14H15F2N4/c15-10-3-4-12(16)11(8-10)13-2-1-6-20(13)14-5-7-19(17)9-18-14/h3-5,7-9,13H,1-2,6,17H2/q+1. The van der Waals surface area contributed by atoms with Crippen LogP contribution < -0.4 is 15.4 Å². The third-order valence-electron chi connectivity index (χ3n) is 3.58. The summed E-state index contributed by atoms with van der Waals surface area (Å²) in [6, 6.07) is 5.16. The van der Waals surface area contributed by atoms with Crippen molar-refractivity contribution in [2.24, 2.45) is 0 Å². The van der Waals surface area contributed by atoms with E-state index in [1.807, 2.05) is 4.90 Å². The molecule has 1 aliphatic heterocycles. The maximum Gasteiger partial charge on any atom is 0.311 e. The predicted molar refractivity (Wildman–Crippen MR) is 70.3 cm³/mol. The number of rotatable bonds is 2. The number of hydrogen-bond acceptors (Lipinski definition) is 3. The highest BCUT2D eigenvalue weighted by molar-refractivity contribution is 5.42. The van der Waals surface area contributed by atoms with Gasteiger partial charge < -0.3 is 4.90 Å². The van der Waals surface area contributed by atoms with E-state index in [1.54, 1.807) is 12.3 Å². The van der Waals surface area contributed by atoms with Gasteiger partial charge in [-0.3, -0.25) is 5.84 Å². The van der Waals surface area contributed by atoms with Gasteiger partial charge in [0.05, 0.1) is 6.04 Å². The molecule has 1 fully saturated rings. The molecule has 1 aromatic carbocycles. The number of halogens is 2. The average Bonchev–Trinajstić information content (AvgIpc) is 2.91. The van der Waals surface area contributed by atoms with Gasteiger partial charge in [0, 0.05) is 18.2 Å². The van der Waals surface area contributed by atoms with E-state index in [-0.39, 0.29) is 11.9 Å². The third kappa shape index (κ3) is 2.29. The maximum absolute atomic E-state index is 13.9. The Kier molecular flexibility index (Phi) is 3.22. The molecular formula is C14H15F2N4+. The van der Waals surface area contributed by atoms with Gasteiger partial charge in [-0.2, -0.15) is 0 Å². The minimum Gasteiger partial charge on any atom is -0.329 e. The van der Waals surface area contributed by atoms with Crippen LogP contribution in [0.3, 0.4) is 0 Å². The number of anilines is 1. The fourth-order valence-electron chi connectivity index (χ4n) is 2.66. The molecule has 1 saturated heterocycles. The molecule has 104 valence electrons. The lowest BCUT2D eigenvalue weighted by Crippen LogP contribution is -2.44. The van der Waals surface area contributed by atoms with Crippen LogP contribution in [-0.4, -0.2) is 11.5 Å². The van der Waals surface area contributed by atoms with E-state index in [2.05, 4.69) is 4.98 Å². The SMILES string of the molecule is N[n+]1ccc(N2CCCC2c2cc(F)ccc2F)nc1. The second-order valence-corrected chi connectivity index (χ2v) is 4.88. The lowest BCUT2D eigenvalue weighted by atomic mass is 10.0. The molecule has 4 nitrogen and oxygen atoms in total. The highest BCUT2D eigenvalue weighted by Crippen LogP contribution is 2.36. The molecule has 0 bridgehead atoms. The van der Waals surface area contributed by atoms with E-state index in [1.165, 1.54) is 23.1 Å². The van der Waals surface area contributed by atoms with Gasteiger partial charge in [0.1, 0.15) is 17.8 Å². The van der Waals surface area contributed by atoms with Gasteiger partial charge in [-0.15, -0.1) is 4.68 Å². The van der Waals surface area contributed by atoms with Crippen LogP contribution in [0.15, 0.2) is 36.8 Å². The second-order valence-electron chi connectivity index (χ2n) is 4.88. The van der Waals surface area contributed by atoms with E-state index in [0.29, 0.717) is 5.56 Å². The molecule has 0 saturated carbocycles. The van der Waals surface area contributed by atoms with Gasteiger partial charge in [0.15, 0.2) is 0 Å². The van der Waals surface area contributed by atoms with Crippen LogP contribution in [-0.2, 0) is 0 Å². The Hall–Kier alpha value is -2.24. The number of nitrogens with zero attached hydrogens (tertiary/aromatic N) is 3. The molecular weight excluding hydrogens is 262 g/mol. The van der Waals surface area contributed by atoms with Gasteiger partial charge in [0.25, 0.3) is 0 Å². The van der Waals surface area contributed by atoms with Crippen molar-refractivity contribution in [1.82, 2.24) is 4.98 Å². The molecule has 2 heterocycles. The molecule has 2 aromatic rings. The van der Waals surface area contributed by atoms with Crippen molar-refractivity contribution in [3.8, 4) is 0 Å². The second kappa shape index (κ2) is 5.03. The summed E-state index contributed by atoms with van der Waals surface area (Å²) in [7, 11) is 0. The van der Waals surface area contributed by atoms with Gasteiger partial charge in [-0.05, 0) is 36.0 Å². The van der Waals surface area contributed by atoms with Crippen molar-refractivity contribution < 1.29 is 13.5 Å². The fraction of sp³-hybridized carbons (Fsp3) is 0.286. The summed E-state index contributed by atoms with van der Waals surface area (Å²) in [6.07, 6.45) is 4.87. The highest BCUT2D eigenvalue weighted by Gasteiger charge is 2.31. The van der Waals surface area contributed by atoms with E-state index in [4.69, 9.17) is 5.84 Å². The molecule has 2 N–H and O–H groups in total. The van der Waals surface area contributed by atoms with Crippen LogP contribution in [0.25, 0.3) is 0 Å². The summed E-state index contributed by atoms with van der Waals surface area (Å²) in [4.78, 5) is 6.22. The van der Waals surface area contributed by atoms with Gasteiger partial charge in [-0.25, -0.2) is 8.78 Å². The van der Waals surface area contributed by atoms with Crippen LogP contribution in [0.4, 0.5) is 14.6 Å². The first-order chi connectivity index (χ1) is 9.65. The number of hydrogen-bond donors (Lipinski definition) is 1. The monoisotopic (exact) mass is 277 g/mol. The zero-order valence-corrected chi connectivity index (χ0v) is 10.8. The molecule has 3 rings (SSSR count). The summed E-state index contributed by atoms with van der Waals surface area (Å²) in [5.74, 6) is 5.46. The van der Waals surface area contributed by atoms with Crippen LogP contribution in [0, 0.1) is 11.6 Å². The van der Waals surface area contributed by atoms with E-state index < -0.39 is 5.82 Å². The van der Waals surface area contributed by atoms with Crippen LogP contribution in [0.5, 0.6) is 0 Å². The summed E-state index contributed by atoms with van der Waals surface area (Å²) in [6.45, 7) is 0.766. The molecule has 1 atom stereocenters. The topological polar surface area (TPSA) is 46.0 Å². The van der Waals surface area contributed by atoms with E-state index in [9.17, 15) is 8.78 Å². The van der Waals surface area contributed by atoms with Crippen molar-refractivity contribution in [2.75, 3.05) is 17.3 Å². The third-order valence-corrected chi connectivity index (χ3v) is 3.58. The van der Waals surface area contributed by atoms with Crippen molar-refractivity contribution >= 4 is 5.82 Å². The molecule has 20 heavy (non-hydrogen) atoms. The Morgan fingerprint density at radius 1 is 1.30 bits per heavy atom. The molecule has 1 unspecified atom stereocenters. The summed E-state index contributed by atoms with van der Waals surface area (Å²) < 4.78 is 28.6. The number of nitrogens with two attached hydrogens (primary N) is 1. The molecule has 0 spiro atoms. The quantitative estimate of drug-likeness (QED) is 0.671. The number of aromatic nitrogens is 2. The summed E-state index contributed by atoms with van der Waals surface area (Å²) >= 11 is 0. The lowest BCUT2D eigenvalue weighted by Gasteiger charge is -2.23. The van der Waals surface area contributed by atoms with Crippen molar-refractivity contribution in [1.29, 1.82) is 0 Å². The Bertz CT molecular complexity index is 615. The summed E-state index contributed by atoms with van der Waals surface area (Å²) in [5, 5.41) is 0. The lowest BCUT2D eigenvalue weighted by molar-refractivity contribution is -0.642. The van der Waals surface area contributed by atoms with Gasteiger partial charge in [0.2, 0.25) is 5.82 Å². The maximum atomic E-state index is 13.9. The Morgan fingerprint density at radius 2 is 2.15 bits per heavy atom. The highest BCUT2D eigenvalue weighted by atomic mass is 19.1. The van der Waals surface area contributed by atoms with Crippen LogP contribution in [0.1, 0.15) is 24.4 Å². The Labute approximate surface area is 115 Å². The largest absolute Gasteiger partial charge is 0.329 e. The Balaban J connectivity index is 1.96. The van der Waals surface area contributed by atoms with Crippen molar-refractivity contribution in [2.45, 2.75) is 18.9 Å². The number of nitrogen functional groups attached to an aromatic ring is 1. The molecule has 1 aliphatic rings. The first kappa shape index (κ1) is 12.8. The molecule has 0 aliphatic carbocycles. The van der Waals surface area contributed by atoms with E-state index >= 15 is 0 Å². The van der Waals surface area contributed by atoms with Gasteiger partial charge in [-0.1, -0.05) is 0 Å². The smallest absolute Gasteiger partial charge is 0.311 e. The molecule has 6 heteroatoms. The minimum atomic E-state index is -0.422. The first-order valence-electron chi connectivity index (χ1n) is 6.49. The summed E-state index contributed by atoms with van der Waals surface area (Å²) in [5.41, 5.74) is 0.383. The van der Waals surface area contributed by atoms with Crippen molar-refractivity contribution in [3.05, 3.63) is 54.0 Å². The first-order valence-corrected chi connectivity index (χ1v) is 6.49.